The van der Waals surface area contributed by atoms with Crippen LogP contribution < -0.4 is 21.7 Å². The fraction of sp³-hybridized carbons (Fsp3) is 0.818. The summed E-state index contributed by atoms with van der Waals surface area (Å²) in [5.41, 5.74) is 5.76. The van der Waals surface area contributed by atoms with E-state index in [0.29, 0.717) is 25.9 Å². The van der Waals surface area contributed by atoms with Crippen LogP contribution in [0.25, 0.3) is 0 Å². The Morgan fingerprint density at radius 3 is 2.34 bits per heavy atom. The number of carbonyl (C=O) groups excluding carboxylic acids is 2. The third-order valence-corrected chi connectivity index (χ3v) is 4.92. The first-order chi connectivity index (χ1) is 16.5. The van der Waals surface area contributed by atoms with E-state index >= 15 is 0 Å². The van der Waals surface area contributed by atoms with Crippen molar-refractivity contribution in [2.75, 3.05) is 26.2 Å². The first-order valence-corrected chi connectivity index (χ1v) is 11.8. The maximum Gasteiger partial charge on any atom is 0.325 e. The van der Waals surface area contributed by atoms with Gasteiger partial charge < -0.3 is 52.0 Å². The largest absolute Gasteiger partial charge is 0.480 e. The highest BCUT2D eigenvalue weighted by molar-refractivity contribution is 5.89. The molecule has 0 aromatic heterocycles. The number of nitrogens with one attached hydrogen (secondary N) is 3. The predicted octanol–water partition coefficient (Wildman–Crippen LogP) is -2.16. The molecule has 1 heterocycles. The van der Waals surface area contributed by atoms with Gasteiger partial charge in [-0.25, -0.2) is 0 Å². The summed E-state index contributed by atoms with van der Waals surface area (Å²) < 4.78 is 5.28. The number of hydrogen-bond acceptors (Lipinski definition) is 10. The molecule has 2 amide bonds. The van der Waals surface area contributed by atoms with E-state index < -0.39 is 60.6 Å². The lowest BCUT2D eigenvalue weighted by Gasteiger charge is -2.42. The molecule has 13 heteroatoms. The van der Waals surface area contributed by atoms with Crippen LogP contribution in [0.4, 0.5) is 0 Å². The molecule has 0 saturated carbocycles. The Hall–Kier alpha value is -2.00. The van der Waals surface area contributed by atoms with Gasteiger partial charge in [0.1, 0.15) is 18.2 Å². The molecule has 0 bridgehead atoms. The third kappa shape index (κ3) is 14.2. The maximum atomic E-state index is 11.9. The van der Waals surface area contributed by atoms with E-state index in [2.05, 4.69) is 22.9 Å². The van der Waals surface area contributed by atoms with Crippen LogP contribution in [0.3, 0.4) is 0 Å². The maximum absolute atomic E-state index is 11.9. The molecule has 0 aromatic carbocycles. The zero-order valence-corrected chi connectivity index (χ0v) is 21.2. The number of carboxylic acid groups (broad SMARTS) is 1. The molecule has 206 valence electrons. The summed E-state index contributed by atoms with van der Waals surface area (Å²) in [5, 5.41) is 55.3. The molecule has 3 unspecified atom stereocenters. The molecule has 6 atom stereocenters. The molecular weight excluding hydrogens is 464 g/mol. The number of amides is 2. The molecule has 0 radical (unpaired) electrons. The number of ether oxygens (including phenoxy) is 1. The summed E-state index contributed by atoms with van der Waals surface area (Å²) in [5.74, 6) is -4.03. The summed E-state index contributed by atoms with van der Waals surface area (Å²) in [4.78, 5) is 34.1. The Morgan fingerprint density at radius 1 is 1.20 bits per heavy atom. The van der Waals surface area contributed by atoms with Gasteiger partial charge in [-0.15, -0.1) is 0 Å². The molecule has 10 N–H and O–H groups in total. The number of rotatable bonds is 13. The highest BCUT2D eigenvalue weighted by Crippen LogP contribution is 2.29. The lowest BCUT2D eigenvalue weighted by molar-refractivity contribution is -0.306. The second kappa shape index (κ2) is 19.2. The Balaban J connectivity index is 0. The number of hydrogen-bond donors (Lipinski definition) is 9. The van der Waals surface area contributed by atoms with E-state index in [0.717, 1.165) is 0 Å². The number of aliphatic hydroxyl groups is 4. The summed E-state index contributed by atoms with van der Waals surface area (Å²) in [6.07, 6.45) is -2.76. The SMILES string of the molecule is CC.C[C@H](NC(=O)CNC(=O)[C@@H](N)CCCNCCC1(O)CC(O)[C@@H](O)C(CO)O1)C(=O)O.[CH2+]C. The average molecular weight is 510 g/mol. The first kappa shape index (κ1) is 35.2. The minimum Gasteiger partial charge on any atom is -0.480 e. The zero-order chi connectivity index (χ0) is 27.6. The summed E-state index contributed by atoms with van der Waals surface area (Å²) in [7, 11) is 0. The molecule has 0 aromatic rings. The predicted molar refractivity (Wildman–Crippen MR) is 129 cm³/mol. The van der Waals surface area contributed by atoms with Crippen molar-refractivity contribution in [1.82, 2.24) is 16.0 Å². The van der Waals surface area contributed by atoms with Crippen LogP contribution in [0, 0.1) is 6.92 Å². The number of nitrogens with two attached hydrogens (primary N) is 1. The normalized spacial score (nSPS) is 25.0. The van der Waals surface area contributed by atoms with Crippen LogP contribution in [-0.2, 0) is 19.1 Å². The second-order valence-corrected chi connectivity index (χ2v) is 7.64. The van der Waals surface area contributed by atoms with Gasteiger partial charge in [-0.05, 0) is 26.3 Å². The first-order valence-electron chi connectivity index (χ1n) is 11.8. The van der Waals surface area contributed by atoms with E-state index in [1.807, 2.05) is 13.8 Å². The summed E-state index contributed by atoms with van der Waals surface area (Å²) in [6, 6.07) is -1.91. The van der Waals surface area contributed by atoms with Gasteiger partial charge in [0, 0.05) is 19.4 Å². The van der Waals surface area contributed by atoms with Gasteiger partial charge in [0.25, 0.3) is 0 Å². The van der Waals surface area contributed by atoms with Gasteiger partial charge in [0.15, 0.2) is 5.79 Å². The fourth-order valence-corrected chi connectivity index (χ4v) is 3.04. The number of carbonyl (C=O) groups is 3. The second-order valence-electron chi connectivity index (χ2n) is 7.64. The van der Waals surface area contributed by atoms with Crippen LogP contribution in [0.15, 0.2) is 0 Å². The van der Waals surface area contributed by atoms with Gasteiger partial charge in [-0.1, -0.05) is 13.8 Å². The highest BCUT2D eigenvalue weighted by atomic mass is 16.6. The monoisotopic (exact) mass is 509 g/mol. The Bertz CT molecular complexity index is 611. The Labute approximate surface area is 207 Å². The van der Waals surface area contributed by atoms with Crippen molar-refractivity contribution in [1.29, 1.82) is 0 Å². The number of aliphatic hydroxyl groups excluding tert-OH is 3. The van der Waals surface area contributed by atoms with E-state index in [1.54, 1.807) is 6.92 Å². The lowest BCUT2D eigenvalue weighted by atomic mass is 9.94. The van der Waals surface area contributed by atoms with E-state index in [-0.39, 0.29) is 19.4 Å². The van der Waals surface area contributed by atoms with E-state index in [9.17, 15) is 29.7 Å². The van der Waals surface area contributed by atoms with Crippen molar-refractivity contribution in [3.05, 3.63) is 6.92 Å². The van der Waals surface area contributed by atoms with Gasteiger partial charge >= 0.3 is 5.97 Å². The van der Waals surface area contributed by atoms with Crippen molar-refractivity contribution in [2.45, 2.75) is 89.6 Å². The molecule has 1 fully saturated rings. The minimum absolute atomic E-state index is 0.115. The molecule has 1 aliphatic heterocycles. The van der Waals surface area contributed by atoms with Crippen molar-refractivity contribution in [3.8, 4) is 0 Å². The molecule has 0 spiro atoms. The number of aliphatic carboxylic acids is 1. The Kier molecular flexibility index (Phi) is 19.3. The number of carboxylic acids is 1. The topological polar surface area (TPSA) is 224 Å². The molecular formula is C22H45N4O9+. The van der Waals surface area contributed by atoms with Crippen LogP contribution in [0.1, 0.15) is 53.4 Å². The summed E-state index contributed by atoms with van der Waals surface area (Å²) >= 11 is 0. The van der Waals surface area contributed by atoms with E-state index in [1.165, 1.54) is 6.92 Å². The van der Waals surface area contributed by atoms with Gasteiger partial charge in [-0.2, -0.15) is 0 Å². The molecule has 0 aliphatic carbocycles. The lowest BCUT2D eigenvalue weighted by Crippen LogP contribution is -2.56. The van der Waals surface area contributed by atoms with Crippen LogP contribution >= 0.6 is 0 Å². The minimum atomic E-state index is -1.67. The molecule has 1 aliphatic rings. The fourth-order valence-electron chi connectivity index (χ4n) is 3.04. The van der Waals surface area contributed by atoms with Gasteiger partial charge in [-0.3, -0.25) is 14.4 Å². The smallest absolute Gasteiger partial charge is 0.325 e. The van der Waals surface area contributed by atoms with Gasteiger partial charge in [0.05, 0.1) is 39.1 Å². The molecule has 35 heavy (non-hydrogen) atoms. The van der Waals surface area contributed by atoms with Crippen LogP contribution in [0.2, 0.25) is 0 Å². The van der Waals surface area contributed by atoms with Crippen molar-refractivity contribution >= 4 is 17.8 Å². The Morgan fingerprint density at radius 2 is 1.80 bits per heavy atom. The molecule has 13 nitrogen and oxygen atoms in total. The summed E-state index contributed by atoms with van der Waals surface area (Å²) in [6.45, 7) is 10.2. The quantitative estimate of drug-likeness (QED) is 0.0960. The van der Waals surface area contributed by atoms with E-state index in [4.69, 9.17) is 20.7 Å². The third-order valence-electron chi connectivity index (χ3n) is 4.92. The van der Waals surface area contributed by atoms with Crippen molar-refractivity contribution in [3.63, 3.8) is 0 Å². The van der Waals surface area contributed by atoms with Gasteiger partial charge in [0.2, 0.25) is 11.8 Å². The zero-order valence-electron chi connectivity index (χ0n) is 21.2. The average Bonchev–Trinajstić information content (AvgIpc) is 2.84. The molecule has 1 saturated heterocycles. The standard InChI is InChI=1S/C18H34N4O9.C2H6.C2H5/c1-10(17(28)29)22-14(25)8-21-16(27)11(19)3-2-5-20-6-4-18(30)7-12(24)15(26)13(9-23)31-18;2*1-2/h10-13,15,20,23-24,26,30H,2-9,19H2,1H3,(H,21,27)(H,22,25)(H,28,29);1-2H3;1H2,2H3/q;;+1/t10-,11-,12?,13?,15+,18?;;/m0../s1. The van der Waals surface area contributed by atoms with Crippen LogP contribution in [-0.4, -0.2) is 106 Å². The molecule has 1 rings (SSSR count). The van der Waals surface area contributed by atoms with Crippen LogP contribution in [0.5, 0.6) is 0 Å². The van der Waals surface area contributed by atoms with Crippen molar-refractivity contribution in [2.24, 2.45) is 5.73 Å². The highest BCUT2D eigenvalue weighted by Gasteiger charge is 2.44. The van der Waals surface area contributed by atoms with Crippen molar-refractivity contribution < 1.29 is 44.7 Å².